The quantitative estimate of drug-likeness (QED) is 0.191. The van der Waals surface area contributed by atoms with Crippen LogP contribution in [0, 0.1) is 17.8 Å². The van der Waals surface area contributed by atoms with Gasteiger partial charge in [0.1, 0.15) is 6.04 Å². The van der Waals surface area contributed by atoms with Gasteiger partial charge in [-0.3, -0.25) is 14.4 Å². The highest BCUT2D eigenvalue weighted by molar-refractivity contribution is 9.09. The highest BCUT2D eigenvalue weighted by atomic mass is 79.9. The van der Waals surface area contributed by atoms with Crippen LogP contribution in [0.4, 0.5) is 11.4 Å². The summed E-state index contributed by atoms with van der Waals surface area (Å²) in [5, 5.41) is 10.4. The Morgan fingerprint density at radius 3 is 2.39 bits per heavy atom. The Labute approximate surface area is 257 Å². The number of anilines is 2. The van der Waals surface area contributed by atoms with Crippen molar-refractivity contribution in [3.63, 3.8) is 0 Å². The van der Waals surface area contributed by atoms with Gasteiger partial charge in [0, 0.05) is 41.1 Å². The topological polar surface area (TPSA) is 90.4 Å². The largest absolute Gasteiger partial charge is 0.466 e. The number of hydrogen-bond acceptors (Lipinski definition) is 7. The van der Waals surface area contributed by atoms with Crippen molar-refractivity contribution in [1.29, 1.82) is 0 Å². The number of amides is 2. The third-order valence-electron chi connectivity index (χ3n) is 9.23. The minimum Gasteiger partial charge on any atom is -0.466 e. The summed E-state index contributed by atoms with van der Waals surface area (Å²) in [6.07, 6.45) is 3.00. The lowest BCUT2D eigenvalue weighted by atomic mass is 9.71. The van der Waals surface area contributed by atoms with Gasteiger partial charge in [-0.25, -0.2) is 0 Å². The summed E-state index contributed by atoms with van der Waals surface area (Å²) >= 11 is 5.38. The molecule has 2 bridgehead atoms. The van der Waals surface area contributed by atoms with E-state index >= 15 is 0 Å². The molecule has 226 valence electrons. The number of rotatable bonds is 13. The predicted octanol–water partition coefficient (Wildman–Crippen LogP) is 4.49. The van der Waals surface area contributed by atoms with Crippen LogP contribution < -0.4 is 9.80 Å². The van der Waals surface area contributed by atoms with Crippen LogP contribution in [-0.4, -0.2) is 87.5 Å². The van der Waals surface area contributed by atoms with E-state index in [1.807, 2.05) is 38.1 Å². The average Bonchev–Trinajstić information content (AvgIpc) is 3.56. The Bertz CT molecular complexity index is 1130. The van der Waals surface area contributed by atoms with Crippen LogP contribution in [0.25, 0.3) is 0 Å². The molecule has 0 aliphatic carbocycles. The standard InChI is InChI=1S/C31H44BrN3O5S/c1-7-16-34(21-14-12-20(13-15-21)33(9-3)10-4)29(38)27-31-17-22(32)26(41-31)24(30(39)40-11-5)25(31)28(37)35(27)23(18-36)19(6)8-2/h7,12-15,19,22-27,36H,1,8-11,16-18H2,2-6H3/t19-,22?,23-,24+,25-,26+,27?,31?/m0/s1. The fourth-order valence-electron chi connectivity index (χ4n) is 7.06. The van der Waals surface area contributed by atoms with Crippen molar-refractivity contribution in [1.82, 2.24) is 4.90 Å². The molecule has 0 radical (unpaired) electrons. The molecule has 3 unspecified atom stereocenters. The van der Waals surface area contributed by atoms with Gasteiger partial charge in [-0.05, 0) is 57.4 Å². The predicted molar refractivity (Wildman–Crippen MR) is 169 cm³/mol. The van der Waals surface area contributed by atoms with Gasteiger partial charge >= 0.3 is 5.97 Å². The molecule has 1 aromatic rings. The van der Waals surface area contributed by atoms with Crippen LogP contribution in [0.15, 0.2) is 36.9 Å². The number of carbonyl (C=O) groups excluding carboxylic acids is 3. The SMILES string of the molecule is C=CCN(C(=O)C1N([C@@H](CO)[C@@H](C)CC)C(=O)[C@@H]2[C@@H](C(=O)OCC)[C@@H]3SC12CC3Br)c1ccc(N(CC)CC)cc1. The van der Waals surface area contributed by atoms with Crippen molar-refractivity contribution < 1.29 is 24.2 Å². The molecule has 10 heteroatoms. The normalized spacial score (nSPS) is 29.7. The number of esters is 1. The van der Waals surface area contributed by atoms with Crippen LogP contribution in [0.2, 0.25) is 0 Å². The number of alkyl halides is 1. The molecule has 1 N–H and O–H groups in total. The number of thioether (sulfide) groups is 1. The summed E-state index contributed by atoms with van der Waals surface area (Å²) in [6.45, 7) is 15.9. The fourth-order valence-corrected chi connectivity index (χ4v) is 10.6. The van der Waals surface area contributed by atoms with Gasteiger partial charge in [-0.2, -0.15) is 0 Å². The molecule has 8 nitrogen and oxygen atoms in total. The number of fused-ring (bicyclic) bond motifs is 1. The second-order valence-corrected chi connectivity index (χ2v) is 13.9. The van der Waals surface area contributed by atoms with E-state index in [0.717, 1.165) is 30.9 Å². The van der Waals surface area contributed by atoms with E-state index in [9.17, 15) is 19.5 Å². The maximum Gasteiger partial charge on any atom is 0.310 e. The van der Waals surface area contributed by atoms with Gasteiger partial charge in [0.25, 0.3) is 5.91 Å². The molecule has 3 heterocycles. The summed E-state index contributed by atoms with van der Waals surface area (Å²) in [7, 11) is 0. The number of halogens is 1. The first-order valence-corrected chi connectivity index (χ1v) is 16.6. The van der Waals surface area contributed by atoms with E-state index in [1.165, 1.54) is 0 Å². The Morgan fingerprint density at radius 2 is 1.85 bits per heavy atom. The second-order valence-electron chi connectivity index (χ2n) is 11.2. The lowest BCUT2D eigenvalue weighted by Gasteiger charge is -2.41. The molecule has 4 rings (SSSR count). The van der Waals surface area contributed by atoms with Crippen molar-refractivity contribution in [2.75, 3.05) is 42.6 Å². The third kappa shape index (κ3) is 5.33. The van der Waals surface area contributed by atoms with Gasteiger partial charge in [0.05, 0.1) is 35.8 Å². The summed E-state index contributed by atoms with van der Waals surface area (Å²) in [6, 6.07) is 6.52. The number of nitrogens with zero attached hydrogens (tertiary/aromatic N) is 3. The van der Waals surface area contributed by atoms with E-state index in [4.69, 9.17) is 4.74 Å². The molecular weight excluding hydrogens is 606 g/mol. The Kier molecular flexibility index (Phi) is 10.2. The summed E-state index contributed by atoms with van der Waals surface area (Å²) in [4.78, 5) is 48.1. The van der Waals surface area contributed by atoms with Crippen molar-refractivity contribution in [2.45, 2.75) is 74.4 Å². The van der Waals surface area contributed by atoms with Crippen LogP contribution >= 0.6 is 27.7 Å². The van der Waals surface area contributed by atoms with Gasteiger partial charge in [0.15, 0.2) is 0 Å². The zero-order valence-corrected chi connectivity index (χ0v) is 27.2. The van der Waals surface area contributed by atoms with E-state index in [2.05, 4.69) is 41.3 Å². The van der Waals surface area contributed by atoms with E-state index in [1.54, 1.807) is 34.6 Å². The first-order valence-electron chi connectivity index (χ1n) is 14.8. The minimum absolute atomic E-state index is 0.0429. The number of benzene rings is 1. The molecule has 0 saturated carbocycles. The zero-order chi connectivity index (χ0) is 30.1. The smallest absolute Gasteiger partial charge is 0.310 e. The maximum absolute atomic E-state index is 14.8. The number of likely N-dealkylation sites (tertiary alicyclic amines) is 1. The lowest BCUT2D eigenvalue weighted by molar-refractivity contribution is -0.154. The van der Waals surface area contributed by atoms with Crippen molar-refractivity contribution in [3.05, 3.63) is 36.9 Å². The first-order chi connectivity index (χ1) is 19.6. The number of ether oxygens (including phenoxy) is 1. The average molecular weight is 651 g/mol. The summed E-state index contributed by atoms with van der Waals surface area (Å²) < 4.78 is 4.65. The highest BCUT2D eigenvalue weighted by Crippen LogP contribution is 2.68. The van der Waals surface area contributed by atoms with Gasteiger partial charge in [-0.1, -0.05) is 42.3 Å². The maximum atomic E-state index is 14.8. The Balaban J connectivity index is 1.82. The van der Waals surface area contributed by atoms with Crippen molar-refractivity contribution >= 4 is 56.9 Å². The third-order valence-corrected chi connectivity index (χ3v) is 12.5. The fraction of sp³-hybridized carbons (Fsp3) is 0.645. The molecule has 3 saturated heterocycles. The molecular formula is C31H44BrN3O5S. The monoisotopic (exact) mass is 649 g/mol. The molecule has 0 aromatic heterocycles. The summed E-state index contributed by atoms with van der Waals surface area (Å²) in [5.74, 6) is -2.21. The Morgan fingerprint density at radius 1 is 1.22 bits per heavy atom. The molecule has 41 heavy (non-hydrogen) atoms. The lowest BCUT2D eigenvalue weighted by Crippen LogP contribution is -2.59. The molecule has 1 spiro atoms. The zero-order valence-electron chi connectivity index (χ0n) is 24.8. The minimum atomic E-state index is -0.844. The molecule has 8 atom stereocenters. The second kappa shape index (κ2) is 13.1. The van der Waals surface area contributed by atoms with Crippen molar-refractivity contribution in [2.24, 2.45) is 17.8 Å². The van der Waals surface area contributed by atoms with Crippen LogP contribution in [0.3, 0.4) is 0 Å². The van der Waals surface area contributed by atoms with Gasteiger partial charge in [0.2, 0.25) is 5.91 Å². The number of aliphatic hydroxyl groups is 1. The van der Waals surface area contributed by atoms with E-state index < -0.39 is 28.7 Å². The van der Waals surface area contributed by atoms with Gasteiger partial charge < -0.3 is 24.5 Å². The molecule has 3 aliphatic heterocycles. The first kappa shape index (κ1) is 31.9. The number of aliphatic hydroxyl groups excluding tert-OH is 1. The van der Waals surface area contributed by atoms with Crippen LogP contribution in [-0.2, 0) is 19.1 Å². The Hall–Kier alpha value is -2.04. The van der Waals surface area contributed by atoms with Crippen LogP contribution in [0.5, 0.6) is 0 Å². The number of carbonyl (C=O) groups is 3. The van der Waals surface area contributed by atoms with Crippen molar-refractivity contribution in [3.8, 4) is 0 Å². The van der Waals surface area contributed by atoms with Crippen LogP contribution in [0.1, 0.15) is 47.5 Å². The van der Waals surface area contributed by atoms with Gasteiger partial charge in [-0.15, -0.1) is 18.3 Å². The highest BCUT2D eigenvalue weighted by Gasteiger charge is 2.76. The van der Waals surface area contributed by atoms with E-state index in [-0.39, 0.29) is 53.5 Å². The number of hydrogen-bond donors (Lipinski definition) is 1. The summed E-state index contributed by atoms with van der Waals surface area (Å²) in [5.41, 5.74) is 1.79. The molecule has 3 fully saturated rings. The van der Waals surface area contributed by atoms with E-state index in [0.29, 0.717) is 6.42 Å². The molecule has 1 aromatic carbocycles. The molecule has 2 amide bonds. The molecule has 3 aliphatic rings.